The Labute approximate surface area is 164 Å². The van der Waals surface area contributed by atoms with E-state index in [0.717, 1.165) is 45.0 Å². The van der Waals surface area contributed by atoms with Crippen molar-refractivity contribution in [2.24, 2.45) is 0 Å². The van der Waals surface area contributed by atoms with Crippen molar-refractivity contribution < 1.29 is 14.3 Å². The first kappa shape index (κ1) is 16.9. The van der Waals surface area contributed by atoms with E-state index in [4.69, 9.17) is 9.47 Å². The van der Waals surface area contributed by atoms with Crippen LogP contribution < -0.4 is 9.64 Å². The van der Waals surface area contributed by atoms with Gasteiger partial charge in [0.25, 0.3) is 0 Å². The maximum atomic E-state index is 12.8. The van der Waals surface area contributed by atoms with Crippen LogP contribution in [0.3, 0.4) is 0 Å². The number of nitrogens with zero attached hydrogens (tertiary/aromatic N) is 1. The molecule has 1 unspecified atom stereocenters. The number of anilines is 1. The van der Waals surface area contributed by atoms with Crippen LogP contribution in [-0.2, 0) is 10.3 Å². The molecule has 2 aliphatic rings. The lowest BCUT2D eigenvalue weighted by Gasteiger charge is -2.37. The van der Waals surface area contributed by atoms with Crippen molar-refractivity contribution in [3.05, 3.63) is 88.0 Å². The average Bonchev–Trinajstić information content (AvgIpc) is 2.96. The molecule has 0 bridgehead atoms. The molecule has 0 aliphatic carbocycles. The summed E-state index contributed by atoms with van der Waals surface area (Å²) in [6.07, 6.45) is 0. The SMILES string of the molecule is Cc1cc(C)c2c(c1)C1(OC(=O)c3ccccc31)c1ccc(N(C)C)cc1O2. The highest BCUT2D eigenvalue weighted by molar-refractivity contribution is 5.97. The maximum absolute atomic E-state index is 12.8. The standard InChI is InChI=1S/C24H21NO3/c1-14-11-15(2)22-20(12-14)24(18-8-6-5-7-17(18)23(26)28-24)19-10-9-16(25(3)4)13-21(19)27-22/h5-13H,1-4H3. The normalized spacial score (nSPS) is 18.8. The van der Waals surface area contributed by atoms with E-state index in [2.05, 4.69) is 12.1 Å². The van der Waals surface area contributed by atoms with Crippen LogP contribution in [-0.4, -0.2) is 20.1 Å². The van der Waals surface area contributed by atoms with Gasteiger partial charge in [0.2, 0.25) is 0 Å². The van der Waals surface area contributed by atoms with Crippen LogP contribution in [0.2, 0.25) is 0 Å². The summed E-state index contributed by atoms with van der Waals surface area (Å²) in [5.74, 6) is 1.18. The molecular formula is C24H21NO3. The second-order valence-corrected chi connectivity index (χ2v) is 7.75. The van der Waals surface area contributed by atoms with Gasteiger partial charge in [0, 0.05) is 42.5 Å². The minimum absolute atomic E-state index is 0.301. The summed E-state index contributed by atoms with van der Waals surface area (Å²) >= 11 is 0. The van der Waals surface area contributed by atoms with Gasteiger partial charge in [0.05, 0.1) is 5.56 Å². The molecule has 0 radical (unpaired) electrons. The van der Waals surface area contributed by atoms with Gasteiger partial charge in [-0.1, -0.05) is 29.8 Å². The van der Waals surface area contributed by atoms with Gasteiger partial charge >= 0.3 is 5.97 Å². The van der Waals surface area contributed by atoms with Gasteiger partial charge in [-0.2, -0.15) is 0 Å². The third-order valence-electron chi connectivity index (χ3n) is 5.64. The predicted octanol–water partition coefficient (Wildman–Crippen LogP) is 4.94. The summed E-state index contributed by atoms with van der Waals surface area (Å²) in [6, 6.07) is 17.9. The first-order chi connectivity index (χ1) is 13.4. The van der Waals surface area contributed by atoms with Crippen molar-refractivity contribution in [2.45, 2.75) is 19.4 Å². The van der Waals surface area contributed by atoms with E-state index in [1.165, 1.54) is 0 Å². The molecule has 2 heterocycles. The number of hydrogen-bond donors (Lipinski definition) is 0. The maximum Gasteiger partial charge on any atom is 0.340 e. The average molecular weight is 371 g/mol. The molecule has 2 aliphatic heterocycles. The zero-order valence-electron chi connectivity index (χ0n) is 16.4. The van der Waals surface area contributed by atoms with Crippen LogP contribution in [0.1, 0.15) is 38.2 Å². The number of ether oxygens (including phenoxy) is 2. The number of aryl methyl sites for hydroxylation is 2. The molecule has 140 valence electrons. The zero-order valence-corrected chi connectivity index (χ0v) is 16.4. The molecule has 28 heavy (non-hydrogen) atoms. The van der Waals surface area contributed by atoms with Crippen LogP contribution in [0.25, 0.3) is 0 Å². The van der Waals surface area contributed by atoms with Crippen LogP contribution in [0.5, 0.6) is 11.5 Å². The van der Waals surface area contributed by atoms with Crippen LogP contribution in [0, 0.1) is 13.8 Å². The zero-order chi connectivity index (χ0) is 19.6. The van der Waals surface area contributed by atoms with Crippen molar-refractivity contribution in [3.63, 3.8) is 0 Å². The van der Waals surface area contributed by atoms with E-state index < -0.39 is 5.60 Å². The molecule has 0 aromatic heterocycles. The fraction of sp³-hybridized carbons (Fsp3) is 0.208. The second-order valence-electron chi connectivity index (χ2n) is 7.75. The molecule has 1 atom stereocenters. The third kappa shape index (κ3) is 2.09. The van der Waals surface area contributed by atoms with E-state index in [-0.39, 0.29) is 5.97 Å². The number of rotatable bonds is 1. The Hall–Kier alpha value is -3.27. The first-order valence-corrected chi connectivity index (χ1v) is 9.36. The van der Waals surface area contributed by atoms with Crippen molar-refractivity contribution >= 4 is 11.7 Å². The van der Waals surface area contributed by atoms with Gasteiger partial charge in [0.15, 0.2) is 5.60 Å². The molecule has 5 rings (SSSR count). The number of hydrogen-bond acceptors (Lipinski definition) is 4. The molecule has 1 spiro atoms. The Morgan fingerprint density at radius 3 is 2.46 bits per heavy atom. The van der Waals surface area contributed by atoms with Gasteiger partial charge in [-0.15, -0.1) is 0 Å². The topological polar surface area (TPSA) is 38.8 Å². The molecule has 0 fully saturated rings. The van der Waals surface area contributed by atoms with E-state index in [1.807, 2.05) is 75.3 Å². The van der Waals surface area contributed by atoms with E-state index in [1.54, 1.807) is 0 Å². The molecule has 0 saturated carbocycles. The smallest absolute Gasteiger partial charge is 0.340 e. The number of benzene rings is 3. The van der Waals surface area contributed by atoms with Crippen molar-refractivity contribution in [2.75, 3.05) is 19.0 Å². The lowest BCUT2D eigenvalue weighted by Crippen LogP contribution is -2.33. The summed E-state index contributed by atoms with van der Waals surface area (Å²) in [7, 11) is 3.99. The first-order valence-electron chi connectivity index (χ1n) is 9.36. The van der Waals surface area contributed by atoms with Crippen molar-refractivity contribution in [1.82, 2.24) is 0 Å². The number of esters is 1. The highest BCUT2D eigenvalue weighted by Crippen LogP contribution is 2.57. The highest BCUT2D eigenvalue weighted by atomic mass is 16.6. The lowest BCUT2D eigenvalue weighted by molar-refractivity contribution is 0.0223. The molecule has 0 amide bonds. The van der Waals surface area contributed by atoms with E-state index >= 15 is 0 Å². The van der Waals surface area contributed by atoms with Gasteiger partial charge < -0.3 is 14.4 Å². The molecule has 4 heteroatoms. The summed E-state index contributed by atoms with van der Waals surface area (Å²) in [5.41, 5.74) is 5.38. The van der Waals surface area contributed by atoms with Gasteiger partial charge in [-0.05, 0) is 43.7 Å². The van der Waals surface area contributed by atoms with Crippen LogP contribution >= 0.6 is 0 Å². The third-order valence-corrected chi connectivity index (χ3v) is 5.64. The molecule has 3 aromatic carbocycles. The van der Waals surface area contributed by atoms with E-state index in [0.29, 0.717) is 5.56 Å². The molecular weight excluding hydrogens is 350 g/mol. The number of carbonyl (C=O) groups excluding carboxylic acids is 1. The Morgan fingerprint density at radius 2 is 1.68 bits per heavy atom. The summed E-state index contributed by atoms with van der Waals surface area (Å²) in [4.78, 5) is 14.9. The predicted molar refractivity (Wildman–Crippen MR) is 108 cm³/mol. The van der Waals surface area contributed by atoms with Gasteiger partial charge in [-0.3, -0.25) is 0 Å². The number of carbonyl (C=O) groups is 1. The number of fused-ring (bicyclic) bond motifs is 6. The van der Waals surface area contributed by atoms with Crippen LogP contribution in [0.15, 0.2) is 54.6 Å². The lowest BCUT2D eigenvalue weighted by atomic mass is 9.76. The van der Waals surface area contributed by atoms with Crippen LogP contribution in [0.4, 0.5) is 5.69 Å². The Morgan fingerprint density at radius 1 is 0.893 bits per heavy atom. The Kier molecular flexibility index (Phi) is 3.38. The molecule has 0 saturated heterocycles. The van der Waals surface area contributed by atoms with E-state index in [9.17, 15) is 4.79 Å². The molecule has 4 nitrogen and oxygen atoms in total. The Balaban J connectivity index is 1.90. The largest absolute Gasteiger partial charge is 0.456 e. The molecule has 0 N–H and O–H groups in total. The Bertz CT molecular complexity index is 1150. The summed E-state index contributed by atoms with van der Waals surface area (Å²) in [5, 5.41) is 0. The summed E-state index contributed by atoms with van der Waals surface area (Å²) < 4.78 is 12.6. The fourth-order valence-corrected chi connectivity index (χ4v) is 4.39. The van der Waals surface area contributed by atoms with Gasteiger partial charge in [0.1, 0.15) is 11.5 Å². The molecule has 3 aromatic rings. The monoisotopic (exact) mass is 371 g/mol. The fourth-order valence-electron chi connectivity index (χ4n) is 4.39. The minimum atomic E-state index is -0.988. The van der Waals surface area contributed by atoms with Gasteiger partial charge in [-0.25, -0.2) is 4.79 Å². The highest BCUT2D eigenvalue weighted by Gasteiger charge is 2.53. The summed E-state index contributed by atoms with van der Waals surface area (Å²) in [6.45, 7) is 4.08. The second kappa shape index (κ2) is 5.61. The van der Waals surface area contributed by atoms with Crippen molar-refractivity contribution in [3.8, 4) is 11.5 Å². The quantitative estimate of drug-likeness (QED) is 0.568. The minimum Gasteiger partial charge on any atom is -0.456 e. The van der Waals surface area contributed by atoms with Crippen molar-refractivity contribution in [1.29, 1.82) is 0 Å².